The van der Waals surface area contributed by atoms with Crippen molar-refractivity contribution in [3.05, 3.63) is 11.9 Å². The van der Waals surface area contributed by atoms with Crippen LogP contribution in [0.3, 0.4) is 0 Å². The summed E-state index contributed by atoms with van der Waals surface area (Å²) in [6.45, 7) is 11.4. The summed E-state index contributed by atoms with van der Waals surface area (Å²) in [5.41, 5.74) is 10.8. The predicted molar refractivity (Wildman–Crippen MR) is 78.9 cm³/mol. The monoisotopic (exact) mass is 260 g/mol. The first-order valence-corrected chi connectivity index (χ1v) is 6.60. The van der Waals surface area contributed by atoms with Gasteiger partial charge in [-0.1, -0.05) is 41.0 Å². The fourth-order valence-corrected chi connectivity index (χ4v) is 0.828. The molecule has 0 heterocycles. The normalized spacial score (nSPS) is 10.7. The van der Waals surface area contributed by atoms with Crippen LogP contribution >= 0.6 is 0 Å². The number of aliphatic hydroxyl groups is 1. The SMILES string of the molecule is CC.CC(=O)C(C)(C)CCO.CCC/C(N)=C/N. The van der Waals surface area contributed by atoms with Gasteiger partial charge in [-0.25, -0.2) is 0 Å². The van der Waals surface area contributed by atoms with Crippen LogP contribution in [0.4, 0.5) is 0 Å². The number of ketones is 1. The minimum Gasteiger partial charge on any atom is -0.403 e. The topological polar surface area (TPSA) is 89.3 Å². The molecule has 0 fully saturated rings. The Morgan fingerprint density at radius 1 is 1.33 bits per heavy atom. The molecule has 0 aliphatic carbocycles. The highest BCUT2D eigenvalue weighted by Crippen LogP contribution is 2.19. The van der Waals surface area contributed by atoms with Crippen LogP contribution in [0, 0.1) is 5.41 Å². The second-order valence-corrected chi connectivity index (χ2v) is 4.41. The molecule has 0 rings (SSSR count). The Morgan fingerprint density at radius 3 is 1.89 bits per heavy atom. The van der Waals surface area contributed by atoms with Crippen LogP contribution in [-0.4, -0.2) is 17.5 Å². The van der Waals surface area contributed by atoms with E-state index in [4.69, 9.17) is 16.6 Å². The lowest BCUT2D eigenvalue weighted by Gasteiger charge is -2.18. The maximum atomic E-state index is 10.7. The molecular formula is C14H32N2O2. The highest BCUT2D eigenvalue weighted by molar-refractivity contribution is 5.81. The smallest absolute Gasteiger partial charge is 0.135 e. The van der Waals surface area contributed by atoms with Crippen molar-refractivity contribution < 1.29 is 9.90 Å². The standard InChI is InChI=1S/C7H14O2.C5H12N2.C2H6/c1-6(9)7(2,3)4-5-8;1-2-3-5(7)4-6;1-2/h8H,4-5H2,1-3H3;4H,2-3,6-7H2,1H3;1-2H3/b;5-4-;. The van der Waals surface area contributed by atoms with Gasteiger partial charge in [-0.3, -0.25) is 4.79 Å². The largest absolute Gasteiger partial charge is 0.403 e. The number of carbonyl (C=O) groups is 1. The molecule has 0 amide bonds. The zero-order valence-electron chi connectivity index (χ0n) is 12.9. The number of hydrogen-bond donors (Lipinski definition) is 3. The van der Waals surface area contributed by atoms with Crippen LogP contribution < -0.4 is 11.5 Å². The highest BCUT2D eigenvalue weighted by Gasteiger charge is 2.21. The molecule has 0 saturated heterocycles. The fourth-order valence-electron chi connectivity index (χ4n) is 0.828. The van der Waals surface area contributed by atoms with Crippen LogP contribution in [0.5, 0.6) is 0 Å². The average molecular weight is 260 g/mol. The van der Waals surface area contributed by atoms with E-state index in [1.807, 2.05) is 27.7 Å². The molecule has 18 heavy (non-hydrogen) atoms. The third kappa shape index (κ3) is 15.0. The Balaban J connectivity index is -0.000000225. The minimum atomic E-state index is -0.339. The molecule has 0 atom stereocenters. The quantitative estimate of drug-likeness (QED) is 0.708. The van der Waals surface area contributed by atoms with Gasteiger partial charge < -0.3 is 16.6 Å². The van der Waals surface area contributed by atoms with E-state index in [-0.39, 0.29) is 17.8 Å². The molecule has 0 aromatic carbocycles. The number of rotatable bonds is 5. The van der Waals surface area contributed by atoms with Gasteiger partial charge in [0.05, 0.1) is 0 Å². The van der Waals surface area contributed by atoms with Crippen molar-refractivity contribution in [3.63, 3.8) is 0 Å². The third-order valence-electron chi connectivity index (χ3n) is 2.44. The van der Waals surface area contributed by atoms with E-state index < -0.39 is 0 Å². The summed E-state index contributed by atoms with van der Waals surface area (Å²) in [4.78, 5) is 10.7. The summed E-state index contributed by atoms with van der Waals surface area (Å²) in [6.07, 6.45) is 3.99. The van der Waals surface area contributed by atoms with Crippen molar-refractivity contribution >= 4 is 5.78 Å². The predicted octanol–water partition coefficient (Wildman–Crippen LogP) is 2.56. The van der Waals surface area contributed by atoms with Gasteiger partial charge in [0.2, 0.25) is 0 Å². The number of allylic oxidation sites excluding steroid dienone is 1. The van der Waals surface area contributed by atoms with Crippen LogP contribution in [0.1, 0.15) is 60.8 Å². The maximum Gasteiger partial charge on any atom is 0.135 e. The molecule has 0 aromatic rings. The molecule has 0 saturated carbocycles. The van der Waals surface area contributed by atoms with Crippen molar-refractivity contribution in [3.8, 4) is 0 Å². The molecule has 0 radical (unpaired) electrons. The van der Waals surface area contributed by atoms with E-state index in [0.29, 0.717) is 6.42 Å². The lowest BCUT2D eigenvalue weighted by atomic mass is 9.86. The molecule has 4 nitrogen and oxygen atoms in total. The number of hydrogen-bond acceptors (Lipinski definition) is 4. The van der Waals surface area contributed by atoms with Crippen molar-refractivity contribution in [2.75, 3.05) is 6.61 Å². The molecule has 110 valence electrons. The van der Waals surface area contributed by atoms with E-state index in [1.54, 1.807) is 6.92 Å². The summed E-state index contributed by atoms with van der Waals surface area (Å²) in [6, 6.07) is 0. The number of Topliss-reactive ketones (excluding diaryl/α,β-unsaturated/α-hetero) is 1. The van der Waals surface area contributed by atoms with Crippen molar-refractivity contribution in [1.82, 2.24) is 0 Å². The fraction of sp³-hybridized carbons (Fsp3) is 0.786. The number of nitrogens with two attached hydrogens (primary N) is 2. The molecule has 5 N–H and O–H groups in total. The van der Waals surface area contributed by atoms with Crippen LogP contribution in [0.15, 0.2) is 11.9 Å². The Morgan fingerprint density at radius 2 is 1.78 bits per heavy atom. The van der Waals surface area contributed by atoms with E-state index >= 15 is 0 Å². The van der Waals surface area contributed by atoms with E-state index in [1.165, 1.54) is 6.20 Å². The summed E-state index contributed by atoms with van der Waals surface area (Å²) in [5, 5.41) is 8.50. The van der Waals surface area contributed by atoms with Crippen LogP contribution in [0.25, 0.3) is 0 Å². The Kier molecular flexibility index (Phi) is 17.3. The Bertz CT molecular complexity index is 224. The van der Waals surface area contributed by atoms with Crippen molar-refractivity contribution in [1.29, 1.82) is 0 Å². The van der Waals surface area contributed by atoms with Gasteiger partial charge in [0.25, 0.3) is 0 Å². The first-order valence-electron chi connectivity index (χ1n) is 6.60. The van der Waals surface area contributed by atoms with Gasteiger partial charge in [-0.15, -0.1) is 0 Å². The maximum absolute atomic E-state index is 10.7. The Hall–Kier alpha value is -1.03. The molecule has 0 unspecified atom stereocenters. The van der Waals surface area contributed by atoms with Crippen molar-refractivity contribution in [2.24, 2.45) is 16.9 Å². The number of carbonyl (C=O) groups excluding carboxylic acids is 1. The van der Waals surface area contributed by atoms with Gasteiger partial charge in [-0.2, -0.15) is 0 Å². The molecule has 0 bridgehead atoms. The molecule has 0 spiro atoms. The summed E-state index contributed by atoms with van der Waals surface area (Å²) in [7, 11) is 0. The van der Waals surface area contributed by atoms with E-state index in [2.05, 4.69) is 6.92 Å². The molecule has 0 aliphatic heterocycles. The second kappa shape index (κ2) is 14.0. The molecule has 0 aromatic heterocycles. The van der Waals surface area contributed by atoms with Crippen molar-refractivity contribution in [2.45, 2.75) is 60.8 Å². The van der Waals surface area contributed by atoms with Gasteiger partial charge in [-0.05, 0) is 19.8 Å². The second-order valence-electron chi connectivity index (χ2n) is 4.41. The highest BCUT2D eigenvalue weighted by atomic mass is 16.3. The summed E-state index contributed by atoms with van der Waals surface area (Å²) >= 11 is 0. The average Bonchev–Trinajstić information content (AvgIpc) is 2.32. The zero-order chi connectivity index (χ0) is 15.2. The molecule has 4 heteroatoms. The molecular weight excluding hydrogens is 228 g/mol. The third-order valence-corrected chi connectivity index (χ3v) is 2.44. The van der Waals surface area contributed by atoms with Crippen LogP contribution in [-0.2, 0) is 4.79 Å². The lowest BCUT2D eigenvalue weighted by Crippen LogP contribution is -2.22. The lowest BCUT2D eigenvalue weighted by molar-refractivity contribution is -0.125. The van der Waals surface area contributed by atoms with Crippen LogP contribution in [0.2, 0.25) is 0 Å². The zero-order valence-corrected chi connectivity index (χ0v) is 12.9. The first-order chi connectivity index (χ1) is 8.31. The van der Waals surface area contributed by atoms with E-state index in [0.717, 1.165) is 18.5 Å². The number of aliphatic hydroxyl groups excluding tert-OH is 1. The van der Waals surface area contributed by atoms with E-state index in [9.17, 15) is 4.79 Å². The van der Waals surface area contributed by atoms with Gasteiger partial charge >= 0.3 is 0 Å². The first kappa shape index (κ1) is 22.2. The van der Waals surface area contributed by atoms with Gasteiger partial charge in [0, 0.05) is 23.9 Å². The van der Waals surface area contributed by atoms with Gasteiger partial charge in [0.15, 0.2) is 0 Å². The molecule has 0 aliphatic rings. The van der Waals surface area contributed by atoms with Gasteiger partial charge in [0.1, 0.15) is 5.78 Å². The Labute approximate surface area is 112 Å². The summed E-state index contributed by atoms with van der Waals surface area (Å²) in [5.74, 6) is 0.136. The summed E-state index contributed by atoms with van der Waals surface area (Å²) < 4.78 is 0. The minimum absolute atomic E-state index is 0.0899.